The highest BCUT2D eigenvalue weighted by atomic mass is 16.5. The smallest absolute Gasteiger partial charge is 0.332 e. The molecular weight excluding hydrogens is 432 g/mol. The minimum absolute atomic E-state index is 0.00734. The lowest BCUT2D eigenvalue weighted by Gasteiger charge is -2.15. The molecule has 4 aromatic rings. The number of amides is 1. The number of hydrogen-bond donors (Lipinski definition) is 1. The Bertz CT molecular complexity index is 1490. The molecule has 0 bridgehead atoms. The first-order chi connectivity index (χ1) is 16.4. The average Bonchev–Trinajstić information content (AvgIpc) is 3.45. The van der Waals surface area contributed by atoms with Gasteiger partial charge in [-0.3, -0.25) is 18.7 Å². The minimum atomic E-state index is -0.498. The molecule has 1 aliphatic rings. The highest BCUT2D eigenvalue weighted by Crippen LogP contribution is 2.26. The third-order valence-electron chi connectivity index (χ3n) is 6.54. The molecule has 0 spiro atoms. The summed E-state index contributed by atoms with van der Waals surface area (Å²) in [5.41, 5.74) is 2.72. The van der Waals surface area contributed by atoms with E-state index in [0.29, 0.717) is 24.2 Å². The fraction of sp³-hybridized carbons (Fsp3) is 0.346. The van der Waals surface area contributed by atoms with Gasteiger partial charge in [-0.2, -0.15) is 0 Å². The van der Waals surface area contributed by atoms with Crippen LogP contribution in [0.1, 0.15) is 24.0 Å². The van der Waals surface area contributed by atoms with Gasteiger partial charge in [0.1, 0.15) is 12.1 Å². The van der Waals surface area contributed by atoms with Crippen LogP contribution in [0.15, 0.2) is 58.1 Å². The Labute approximate surface area is 196 Å². The van der Waals surface area contributed by atoms with Crippen molar-refractivity contribution < 1.29 is 9.53 Å². The average molecular weight is 461 g/mol. The molecule has 0 radical (unpaired) electrons. The van der Waals surface area contributed by atoms with Crippen molar-refractivity contribution in [2.75, 3.05) is 13.2 Å². The van der Waals surface area contributed by atoms with Crippen molar-refractivity contribution in [2.24, 2.45) is 7.05 Å². The first-order valence-electron chi connectivity index (χ1n) is 11.6. The maximum absolute atomic E-state index is 13.7. The van der Waals surface area contributed by atoms with E-state index in [9.17, 15) is 14.4 Å². The maximum Gasteiger partial charge on any atom is 0.332 e. The summed E-state index contributed by atoms with van der Waals surface area (Å²) in [5.74, 6) is -0.284. The van der Waals surface area contributed by atoms with Crippen LogP contribution in [0.5, 0.6) is 0 Å². The van der Waals surface area contributed by atoms with E-state index in [1.54, 1.807) is 0 Å². The van der Waals surface area contributed by atoms with Crippen molar-refractivity contribution in [1.29, 1.82) is 0 Å². The van der Waals surface area contributed by atoms with Crippen LogP contribution in [0.2, 0.25) is 0 Å². The predicted molar refractivity (Wildman–Crippen MR) is 131 cm³/mol. The lowest BCUT2D eigenvalue weighted by Crippen LogP contribution is -2.43. The molecule has 0 saturated carbocycles. The summed E-state index contributed by atoms with van der Waals surface area (Å²) in [5, 5.41) is 3.68. The van der Waals surface area contributed by atoms with E-state index in [4.69, 9.17) is 4.74 Å². The van der Waals surface area contributed by atoms with E-state index >= 15 is 0 Å². The van der Waals surface area contributed by atoms with Crippen molar-refractivity contribution in [3.05, 3.63) is 80.5 Å². The zero-order valence-electron chi connectivity index (χ0n) is 19.4. The van der Waals surface area contributed by atoms with Gasteiger partial charge >= 0.3 is 5.69 Å². The van der Waals surface area contributed by atoms with Crippen molar-refractivity contribution >= 4 is 27.8 Å². The third kappa shape index (κ3) is 3.94. The van der Waals surface area contributed by atoms with Gasteiger partial charge in [-0.1, -0.05) is 42.0 Å². The van der Waals surface area contributed by atoms with Gasteiger partial charge in [-0.25, -0.2) is 4.79 Å². The largest absolute Gasteiger partial charge is 0.376 e. The molecule has 2 aromatic heterocycles. The van der Waals surface area contributed by atoms with Gasteiger partial charge in [0.05, 0.1) is 23.7 Å². The zero-order chi connectivity index (χ0) is 23.8. The quantitative estimate of drug-likeness (QED) is 0.478. The Morgan fingerprint density at radius 3 is 2.62 bits per heavy atom. The van der Waals surface area contributed by atoms with Crippen LogP contribution in [-0.2, 0) is 29.7 Å². The van der Waals surface area contributed by atoms with Crippen molar-refractivity contribution in [3.8, 4) is 0 Å². The fourth-order valence-corrected chi connectivity index (χ4v) is 4.80. The van der Waals surface area contributed by atoms with Gasteiger partial charge in [-0.15, -0.1) is 0 Å². The molecule has 34 heavy (non-hydrogen) atoms. The van der Waals surface area contributed by atoms with E-state index in [1.807, 2.05) is 67.1 Å². The minimum Gasteiger partial charge on any atom is -0.376 e. The summed E-state index contributed by atoms with van der Waals surface area (Å²) in [6.07, 6.45) is 1.91. The molecule has 8 heteroatoms. The second-order valence-electron chi connectivity index (χ2n) is 8.96. The highest BCUT2D eigenvalue weighted by molar-refractivity contribution is 6.06. The molecule has 1 aliphatic heterocycles. The van der Waals surface area contributed by atoms with Crippen molar-refractivity contribution in [1.82, 2.24) is 19.0 Å². The Balaban J connectivity index is 1.66. The number of ether oxygens (including phenoxy) is 1. The molecule has 1 unspecified atom stereocenters. The fourth-order valence-electron chi connectivity index (χ4n) is 4.80. The van der Waals surface area contributed by atoms with Crippen molar-refractivity contribution in [2.45, 2.75) is 39.0 Å². The molecule has 8 nitrogen and oxygen atoms in total. The van der Waals surface area contributed by atoms with E-state index in [0.717, 1.165) is 34.9 Å². The molecule has 3 heterocycles. The molecule has 1 saturated heterocycles. The van der Waals surface area contributed by atoms with Gasteiger partial charge in [0.15, 0.2) is 0 Å². The number of carbonyl (C=O) groups excluding carboxylic acids is 1. The summed E-state index contributed by atoms with van der Waals surface area (Å²) in [4.78, 5) is 40.1. The molecule has 176 valence electrons. The molecule has 5 rings (SSSR count). The first-order valence-corrected chi connectivity index (χ1v) is 11.6. The van der Waals surface area contributed by atoms with Gasteiger partial charge in [-0.05, 0) is 37.5 Å². The van der Waals surface area contributed by atoms with Crippen LogP contribution in [-0.4, -0.2) is 38.9 Å². The van der Waals surface area contributed by atoms with E-state index in [-0.39, 0.29) is 30.7 Å². The molecule has 1 atom stereocenters. The standard InChI is InChI=1S/C26H28N4O4/c1-17-10-11-21-20(13-17)23-24(28(21)2)25(32)30(15-18-7-4-3-5-8-18)26(33)29(23)16-22(31)27-14-19-9-6-12-34-19/h3-5,7-8,10-11,13,19H,6,9,12,14-16H2,1-2H3,(H,27,31). The van der Waals surface area contributed by atoms with Gasteiger partial charge in [0.25, 0.3) is 5.56 Å². The lowest BCUT2D eigenvalue weighted by atomic mass is 10.1. The Morgan fingerprint density at radius 1 is 1.09 bits per heavy atom. The topological polar surface area (TPSA) is 87.3 Å². The predicted octanol–water partition coefficient (Wildman–Crippen LogP) is 2.31. The maximum atomic E-state index is 13.7. The van der Waals surface area contributed by atoms with E-state index in [1.165, 1.54) is 9.13 Å². The summed E-state index contributed by atoms with van der Waals surface area (Å²) in [6.45, 7) is 3.04. The molecular formula is C26H28N4O4. The number of carbonyl (C=O) groups is 1. The Morgan fingerprint density at radius 2 is 1.88 bits per heavy atom. The zero-order valence-corrected chi connectivity index (χ0v) is 19.4. The number of aryl methyl sites for hydroxylation is 2. The van der Waals surface area contributed by atoms with Gasteiger partial charge in [0, 0.05) is 25.6 Å². The van der Waals surface area contributed by atoms with Crippen molar-refractivity contribution in [3.63, 3.8) is 0 Å². The van der Waals surface area contributed by atoms with Gasteiger partial charge in [0.2, 0.25) is 5.91 Å². The Kier molecular flexibility index (Phi) is 5.83. The third-order valence-corrected chi connectivity index (χ3v) is 6.54. The number of aromatic nitrogens is 3. The normalized spacial score (nSPS) is 15.9. The number of nitrogens with one attached hydrogen (secondary N) is 1. The summed E-state index contributed by atoms with van der Waals surface area (Å²) in [7, 11) is 1.82. The van der Waals surface area contributed by atoms with Crippen LogP contribution >= 0.6 is 0 Å². The molecule has 1 amide bonds. The summed E-state index contributed by atoms with van der Waals surface area (Å²) < 4.78 is 10.1. The van der Waals surface area contributed by atoms with Crippen LogP contribution in [0, 0.1) is 6.92 Å². The Hall–Kier alpha value is -3.65. The van der Waals surface area contributed by atoms with Crippen LogP contribution in [0.25, 0.3) is 21.9 Å². The van der Waals surface area contributed by atoms with E-state index < -0.39 is 5.69 Å². The molecule has 0 aliphatic carbocycles. The number of rotatable bonds is 6. The molecule has 1 fully saturated rings. The van der Waals surface area contributed by atoms with E-state index in [2.05, 4.69) is 5.32 Å². The summed E-state index contributed by atoms with van der Waals surface area (Å²) >= 11 is 0. The molecule has 1 N–H and O–H groups in total. The molecule has 2 aromatic carbocycles. The SMILES string of the molecule is Cc1ccc2c(c1)c1c(c(=O)n(Cc3ccccc3)c(=O)n1CC(=O)NCC1CCCO1)n2C. The van der Waals surface area contributed by atoms with Crippen LogP contribution in [0.3, 0.4) is 0 Å². The highest BCUT2D eigenvalue weighted by Gasteiger charge is 2.22. The number of hydrogen-bond acceptors (Lipinski definition) is 4. The number of benzene rings is 2. The monoisotopic (exact) mass is 460 g/mol. The number of fused-ring (bicyclic) bond motifs is 3. The van der Waals surface area contributed by atoms with Crippen LogP contribution < -0.4 is 16.6 Å². The number of nitrogens with zero attached hydrogens (tertiary/aromatic N) is 3. The second-order valence-corrected chi connectivity index (χ2v) is 8.96. The lowest BCUT2D eigenvalue weighted by molar-refractivity contribution is -0.122. The second kappa shape index (κ2) is 8.95. The summed E-state index contributed by atoms with van der Waals surface area (Å²) in [6, 6.07) is 15.2. The first kappa shape index (κ1) is 22.2. The van der Waals surface area contributed by atoms with Crippen LogP contribution in [0.4, 0.5) is 0 Å². The van der Waals surface area contributed by atoms with Gasteiger partial charge < -0.3 is 14.6 Å².